The lowest BCUT2D eigenvalue weighted by molar-refractivity contribution is 0.0145. The summed E-state index contributed by atoms with van der Waals surface area (Å²) in [5.74, 6) is 0.847. The van der Waals surface area contributed by atoms with Gasteiger partial charge in [-0.05, 0) is 37.6 Å². The summed E-state index contributed by atoms with van der Waals surface area (Å²) in [4.78, 5) is 0. The fourth-order valence-electron chi connectivity index (χ4n) is 1.87. The number of rotatable bonds is 10. The molecule has 0 aliphatic heterocycles. The summed E-state index contributed by atoms with van der Waals surface area (Å²) < 4.78 is 34.3. The monoisotopic (exact) mass is 287 g/mol. The van der Waals surface area contributed by atoms with Crippen LogP contribution in [0.3, 0.4) is 0 Å². The molecule has 0 saturated carbocycles. The number of nitrogens with one attached hydrogen (secondary N) is 1. The topological polar surface area (TPSA) is 30.5 Å². The van der Waals surface area contributed by atoms with E-state index in [0.717, 1.165) is 17.7 Å². The molecule has 0 heterocycles. The van der Waals surface area contributed by atoms with E-state index in [1.807, 2.05) is 31.3 Å². The molecule has 3 nitrogen and oxygen atoms in total. The van der Waals surface area contributed by atoms with Crippen LogP contribution >= 0.6 is 0 Å². The SMILES string of the molecule is CCCOc1ccc(C(CCOCC(F)F)NC)cc1. The molecule has 0 spiro atoms. The highest BCUT2D eigenvalue weighted by Gasteiger charge is 2.10. The first kappa shape index (κ1) is 16.9. The van der Waals surface area contributed by atoms with Crippen LogP contribution in [0.1, 0.15) is 31.4 Å². The molecule has 0 fully saturated rings. The molecule has 1 aromatic rings. The van der Waals surface area contributed by atoms with E-state index < -0.39 is 13.0 Å². The number of benzene rings is 1. The zero-order valence-electron chi connectivity index (χ0n) is 12.1. The smallest absolute Gasteiger partial charge is 0.261 e. The second kappa shape index (κ2) is 9.66. The Kier molecular flexibility index (Phi) is 8.14. The predicted octanol–water partition coefficient (Wildman–Crippen LogP) is 3.41. The number of alkyl halides is 2. The second-order valence-corrected chi connectivity index (χ2v) is 4.51. The largest absolute Gasteiger partial charge is 0.494 e. The number of hydrogen-bond donors (Lipinski definition) is 1. The van der Waals surface area contributed by atoms with Crippen molar-refractivity contribution in [2.24, 2.45) is 0 Å². The van der Waals surface area contributed by atoms with Gasteiger partial charge in [0.15, 0.2) is 0 Å². The summed E-state index contributed by atoms with van der Waals surface area (Å²) >= 11 is 0. The van der Waals surface area contributed by atoms with Crippen LogP contribution in [0.15, 0.2) is 24.3 Å². The number of halogens is 2. The molecule has 0 radical (unpaired) electrons. The fourth-order valence-corrected chi connectivity index (χ4v) is 1.87. The molecule has 0 bridgehead atoms. The van der Waals surface area contributed by atoms with Gasteiger partial charge in [0.25, 0.3) is 6.43 Å². The molecule has 0 amide bonds. The van der Waals surface area contributed by atoms with E-state index in [1.54, 1.807) is 0 Å². The van der Waals surface area contributed by atoms with Crippen molar-refractivity contribution in [3.63, 3.8) is 0 Å². The minimum absolute atomic E-state index is 0.0906. The van der Waals surface area contributed by atoms with Crippen molar-refractivity contribution >= 4 is 0 Å². The van der Waals surface area contributed by atoms with E-state index in [0.29, 0.717) is 19.6 Å². The lowest BCUT2D eigenvalue weighted by atomic mass is 10.0. The average Bonchev–Trinajstić information content (AvgIpc) is 2.46. The Labute approximate surface area is 119 Å². The van der Waals surface area contributed by atoms with Crippen molar-refractivity contribution in [3.05, 3.63) is 29.8 Å². The summed E-state index contributed by atoms with van der Waals surface area (Å²) in [6.45, 7) is 2.57. The van der Waals surface area contributed by atoms with E-state index in [4.69, 9.17) is 9.47 Å². The maximum absolute atomic E-state index is 12.0. The van der Waals surface area contributed by atoms with E-state index in [9.17, 15) is 8.78 Å². The minimum Gasteiger partial charge on any atom is -0.494 e. The summed E-state index contributed by atoms with van der Waals surface area (Å²) in [6, 6.07) is 7.91. The van der Waals surface area contributed by atoms with Crippen LogP contribution in [0, 0.1) is 0 Å². The molecular formula is C15H23F2NO2. The highest BCUT2D eigenvalue weighted by molar-refractivity contribution is 5.29. The Bertz CT molecular complexity index is 357. The van der Waals surface area contributed by atoms with Crippen LogP contribution < -0.4 is 10.1 Å². The van der Waals surface area contributed by atoms with Crippen LogP contribution in [-0.2, 0) is 4.74 Å². The van der Waals surface area contributed by atoms with E-state index in [2.05, 4.69) is 12.2 Å². The first-order valence-electron chi connectivity index (χ1n) is 6.93. The van der Waals surface area contributed by atoms with Crippen molar-refractivity contribution in [1.82, 2.24) is 5.32 Å². The van der Waals surface area contributed by atoms with Crippen molar-refractivity contribution in [2.45, 2.75) is 32.2 Å². The van der Waals surface area contributed by atoms with Gasteiger partial charge in [-0.2, -0.15) is 0 Å². The molecule has 0 aliphatic carbocycles. The third-order valence-corrected chi connectivity index (χ3v) is 2.90. The lowest BCUT2D eigenvalue weighted by Gasteiger charge is -2.17. The molecule has 1 unspecified atom stereocenters. The van der Waals surface area contributed by atoms with Gasteiger partial charge in [0.05, 0.1) is 6.61 Å². The highest BCUT2D eigenvalue weighted by atomic mass is 19.3. The standard InChI is InChI=1S/C15H23F2NO2/c1-3-9-20-13-6-4-12(5-7-13)14(18-2)8-10-19-11-15(16)17/h4-7,14-15,18H,3,8-11H2,1-2H3. The Balaban J connectivity index is 2.43. The van der Waals surface area contributed by atoms with Crippen molar-refractivity contribution in [2.75, 3.05) is 26.9 Å². The highest BCUT2D eigenvalue weighted by Crippen LogP contribution is 2.20. The van der Waals surface area contributed by atoms with Crippen LogP contribution in [-0.4, -0.2) is 33.3 Å². The maximum atomic E-state index is 12.0. The molecule has 20 heavy (non-hydrogen) atoms. The molecule has 0 saturated heterocycles. The van der Waals surface area contributed by atoms with Gasteiger partial charge < -0.3 is 14.8 Å². The zero-order chi connectivity index (χ0) is 14.8. The van der Waals surface area contributed by atoms with Crippen molar-refractivity contribution < 1.29 is 18.3 Å². The molecule has 1 atom stereocenters. The van der Waals surface area contributed by atoms with Gasteiger partial charge in [-0.1, -0.05) is 19.1 Å². The van der Waals surface area contributed by atoms with Gasteiger partial charge in [-0.25, -0.2) is 8.78 Å². The van der Waals surface area contributed by atoms with Gasteiger partial charge in [0.1, 0.15) is 12.4 Å². The second-order valence-electron chi connectivity index (χ2n) is 4.51. The normalized spacial score (nSPS) is 12.7. The first-order chi connectivity index (χ1) is 9.67. The Hall–Kier alpha value is -1.20. The molecule has 1 N–H and O–H groups in total. The minimum atomic E-state index is -2.40. The lowest BCUT2D eigenvalue weighted by Crippen LogP contribution is -2.19. The van der Waals surface area contributed by atoms with E-state index in [1.165, 1.54) is 0 Å². The number of hydrogen-bond acceptors (Lipinski definition) is 3. The quantitative estimate of drug-likeness (QED) is 0.669. The van der Waals surface area contributed by atoms with Gasteiger partial charge in [0.2, 0.25) is 0 Å². The molecule has 5 heteroatoms. The van der Waals surface area contributed by atoms with Gasteiger partial charge >= 0.3 is 0 Å². The summed E-state index contributed by atoms with van der Waals surface area (Å²) in [7, 11) is 1.85. The van der Waals surface area contributed by atoms with Crippen LogP contribution in [0.25, 0.3) is 0 Å². The molecule has 0 aromatic heterocycles. The summed E-state index contributed by atoms with van der Waals surface area (Å²) in [5.41, 5.74) is 1.09. The predicted molar refractivity (Wildman–Crippen MR) is 75.5 cm³/mol. The van der Waals surface area contributed by atoms with Crippen molar-refractivity contribution in [3.8, 4) is 5.75 Å². The Morgan fingerprint density at radius 2 is 1.85 bits per heavy atom. The maximum Gasteiger partial charge on any atom is 0.261 e. The van der Waals surface area contributed by atoms with E-state index in [-0.39, 0.29) is 6.04 Å². The average molecular weight is 287 g/mol. The summed E-state index contributed by atoms with van der Waals surface area (Å²) in [5, 5.41) is 3.16. The van der Waals surface area contributed by atoms with Crippen LogP contribution in [0.4, 0.5) is 8.78 Å². The van der Waals surface area contributed by atoms with E-state index >= 15 is 0 Å². The summed E-state index contributed by atoms with van der Waals surface area (Å²) in [6.07, 6.45) is -0.779. The number of ether oxygens (including phenoxy) is 2. The van der Waals surface area contributed by atoms with Gasteiger partial charge in [-0.3, -0.25) is 0 Å². The zero-order valence-corrected chi connectivity index (χ0v) is 12.1. The molecule has 1 rings (SSSR count). The van der Waals surface area contributed by atoms with Crippen molar-refractivity contribution in [1.29, 1.82) is 0 Å². The van der Waals surface area contributed by atoms with Crippen LogP contribution in [0.2, 0.25) is 0 Å². The van der Waals surface area contributed by atoms with Gasteiger partial charge in [0, 0.05) is 12.6 Å². The molecule has 1 aromatic carbocycles. The Morgan fingerprint density at radius 3 is 2.40 bits per heavy atom. The Morgan fingerprint density at radius 1 is 1.15 bits per heavy atom. The van der Waals surface area contributed by atoms with Gasteiger partial charge in [-0.15, -0.1) is 0 Å². The molecule has 114 valence electrons. The van der Waals surface area contributed by atoms with Crippen LogP contribution in [0.5, 0.6) is 5.75 Å². The third-order valence-electron chi connectivity index (χ3n) is 2.90. The molecule has 0 aliphatic rings. The fraction of sp³-hybridized carbons (Fsp3) is 0.600. The third kappa shape index (κ3) is 6.30. The molecular weight excluding hydrogens is 264 g/mol. The first-order valence-corrected chi connectivity index (χ1v) is 6.93.